The molecule has 0 amide bonds. The number of hydrogen-bond acceptors (Lipinski definition) is 1. The van der Waals surface area contributed by atoms with Gasteiger partial charge in [0.1, 0.15) is 0 Å². The van der Waals surface area contributed by atoms with Crippen molar-refractivity contribution in [2.75, 3.05) is 7.11 Å². The molecule has 2 aliphatic carbocycles. The fourth-order valence-corrected chi connectivity index (χ4v) is 4.53. The summed E-state index contributed by atoms with van der Waals surface area (Å²) in [7, 11) is 1.36. The smallest absolute Gasteiger partial charge is 0.201 e. The normalized spacial score (nSPS) is 27.7. The lowest BCUT2D eigenvalue weighted by molar-refractivity contribution is 0.192. The first-order valence-electron chi connectivity index (χ1n) is 9.35. The summed E-state index contributed by atoms with van der Waals surface area (Å²) in [4.78, 5) is 0. The van der Waals surface area contributed by atoms with Crippen LogP contribution in [0, 0.1) is 29.4 Å². The van der Waals surface area contributed by atoms with Crippen LogP contribution in [0.1, 0.15) is 63.9 Å². The van der Waals surface area contributed by atoms with Gasteiger partial charge in [-0.1, -0.05) is 32.3 Å². The second-order valence-corrected chi connectivity index (χ2v) is 7.40. The van der Waals surface area contributed by atoms with Crippen molar-refractivity contribution in [2.24, 2.45) is 17.8 Å². The Morgan fingerprint density at radius 1 is 1.00 bits per heavy atom. The molecule has 0 bridgehead atoms. The number of benzene rings is 1. The largest absolute Gasteiger partial charge is 0.494 e. The van der Waals surface area contributed by atoms with Crippen molar-refractivity contribution >= 4 is 5.57 Å². The van der Waals surface area contributed by atoms with E-state index in [0.29, 0.717) is 5.56 Å². The van der Waals surface area contributed by atoms with Crippen molar-refractivity contribution in [1.29, 1.82) is 0 Å². The zero-order valence-electron chi connectivity index (χ0n) is 14.8. The van der Waals surface area contributed by atoms with Crippen LogP contribution in [-0.4, -0.2) is 7.11 Å². The van der Waals surface area contributed by atoms with E-state index in [0.717, 1.165) is 42.6 Å². The van der Waals surface area contributed by atoms with Crippen molar-refractivity contribution < 1.29 is 13.5 Å². The number of rotatable bonds is 4. The van der Waals surface area contributed by atoms with Gasteiger partial charge in [0.25, 0.3) is 0 Å². The maximum atomic E-state index is 14.3. The van der Waals surface area contributed by atoms with Gasteiger partial charge in [0.2, 0.25) is 5.82 Å². The van der Waals surface area contributed by atoms with Crippen molar-refractivity contribution in [2.45, 2.75) is 58.3 Å². The fourth-order valence-electron chi connectivity index (χ4n) is 4.53. The average Bonchev–Trinajstić information content (AvgIpc) is 2.64. The Kier molecular flexibility index (Phi) is 5.57. The summed E-state index contributed by atoms with van der Waals surface area (Å²) >= 11 is 0. The lowest BCUT2D eigenvalue weighted by Gasteiger charge is -2.35. The lowest BCUT2D eigenvalue weighted by atomic mass is 9.70. The molecule has 1 unspecified atom stereocenters. The summed E-state index contributed by atoms with van der Waals surface area (Å²) in [5.41, 5.74) is 1.36. The topological polar surface area (TPSA) is 9.23 Å². The molecular formula is C21H28F2O. The van der Waals surface area contributed by atoms with Gasteiger partial charge in [-0.2, -0.15) is 4.39 Å². The van der Waals surface area contributed by atoms with E-state index in [2.05, 4.69) is 13.0 Å². The lowest BCUT2D eigenvalue weighted by Crippen LogP contribution is -2.23. The SMILES string of the molecule is CCC1CCC(C2CC=C(c3ccc(OC)c(F)c3F)CC2)CC1. The van der Waals surface area contributed by atoms with Gasteiger partial charge in [0.05, 0.1) is 7.11 Å². The minimum atomic E-state index is -0.879. The number of halogens is 2. The highest BCUT2D eigenvalue weighted by molar-refractivity contribution is 5.67. The fraction of sp³-hybridized carbons (Fsp3) is 0.619. The van der Waals surface area contributed by atoms with Gasteiger partial charge in [-0.3, -0.25) is 0 Å². The van der Waals surface area contributed by atoms with E-state index in [4.69, 9.17) is 4.74 Å². The standard InChI is InChI=1S/C21H28F2O/c1-3-14-4-6-15(7-5-14)16-8-10-17(11-9-16)18-12-13-19(24-2)21(23)20(18)22/h10,12-16H,3-9,11H2,1-2H3. The Labute approximate surface area is 144 Å². The molecule has 3 heteroatoms. The number of methoxy groups -OCH3 is 1. The number of hydrogen-bond donors (Lipinski definition) is 0. The Morgan fingerprint density at radius 2 is 1.75 bits per heavy atom. The summed E-state index contributed by atoms with van der Waals surface area (Å²) < 4.78 is 33.0. The molecule has 1 nitrogen and oxygen atoms in total. The van der Waals surface area contributed by atoms with E-state index in [-0.39, 0.29) is 5.75 Å². The van der Waals surface area contributed by atoms with Crippen molar-refractivity contribution in [3.63, 3.8) is 0 Å². The van der Waals surface area contributed by atoms with Crippen LogP contribution in [0.5, 0.6) is 5.75 Å². The molecule has 1 fully saturated rings. The maximum absolute atomic E-state index is 14.3. The molecule has 24 heavy (non-hydrogen) atoms. The van der Waals surface area contributed by atoms with E-state index in [1.54, 1.807) is 6.07 Å². The third-order valence-electron chi connectivity index (χ3n) is 6.20. The molecule has 1 aromatic rings. The van der Waals surface area contributed by atoms with Gasteiger partial charge in [0, 0.05) is 5.56 Å². The molecular weight excluding hydrogens is 306 g/mol. The van der Waals surface area contributed by atoms with Gasteiger partial charge in [0.15, 0.2) is 11.6 Å². The molecule has 0 N–H and O–H groups in total. The summed E-state index contributed by atoms with van der Waals surface area (Å²) in [5, 5.41) is 0. The zero-order valence-corrected chi connectivity index (χ0v) is 14.8. The molecule has 3 rings (SSSR count). The Hall–Kier alpha value is -1.38. The highest BCUT2D eigenvalue weighted by atomic mass is 19.2. The van der Waals surface area contributed by atoms with Gasteiger partial charge in [-0.25, -0.2) is 4.39 Å². The third kappa shape index (κ3) is 3.50. The van der Waals surface area contributed by atoms with Gasteiger partial charge >= 0.3 is 0 Å². The number of allylic oxidation sites excluding steroid dienone is 2. The Balaban J connectivity index is 1.67. The van der Waals surface area contributed by atoms with Crippen LogP contribution in [0.25, 0.3) is 5.57 Å². The number of ether oxygens (including phenoxy) is 1. The third-order valence-corrected chi connectivity index (χ3v) is 6.20. The molecule has 2 aliphatic rings. The predicted octanol–water partition coefficient (Wildman–Crippen LogP) is 6.37. The van der Waals surface area contributed by atoms with E-state index >= 15 is 0 Å². The quantitative estimate of drug-likeness (QED) is 0.621. The van der Waals surface area contributed by atoms with Crippen LogP contribution in [0.3, 0.4) is 0 Å². The Bertz CT molecular complexity index is 600. The van der Waals surface area contributed by atoms with Crippen LogP contribution >= 0.6 is 0 Å². The molecule has 0 aromatic heterocycles. The average molecular weight is 334 g/mol. The summed E-state index contributed by atoms with van der Waals surface area (Å²) in [6.07, 6.45) is 11.8. The van der Waals surface area contributed by atoms with E-state index in [1.165, 1.54) is 45.3 Å². The minimum absolute atomic E-state index is 0.0294. The molecule has 132 valence electrons. The first-order chi connectivity index (χ1) is 11.6. The van der Waals surface area contributed by atoms with Crippen LogP contribution in [0.4, 0.5) is 8.78 Å². The summed E-state index contributed by atoms with van der Waals surface area (Å²) in [6.45, 7) is 2.29. The molecule has 0 spiro atoms. The molecule has 1 aromatic carbocycles. The highest BCUT2D eigenvalue weighted by Gasteiger charge is 2.29. The summed E-state index contributed by atoms with van der Waals surface area (Å²) in [6, 6.07) is 3.17. The van der Waals surface area contributed by atoms with Gasteiger partial charge < -0.3 is 4.74 Å². The first-order valence-corrected chi connectivity index (χ1v) is 9.35. The van der Waals surface area contributed by atoms with Gasteiger partial charge in [-0.05, 0) is 67.6 Å². The predicted molar refractivity (Wildman–Crippen MR) is 94.0 cm³/mol. The van der Waals surface area contributed by atoms with E-state index in [9.17, 15) is 8.78 Å². The minimum Gasteiger partial charge on any atom is -0.494 e. The monoisotopic (exact) mass is 334 g/mol. The molecule has 0 radical (unpaired) electrons. The molecule has 1 atom stereocenters. The van der Waals surface area contributed by atoms with E-state index in [1.807, 2.05) is 0 Å². The van der Waals surface area contributed by atoms with E-state index < -0.39 is 11.6 Å². The van der Waals surface area contributed by atoms with Crippen LogP contribution < -0.4 is 4.74 Å². The van der Waals surface area contributed by atoms with Crippen molar-refractivity contribution in [3.05, 3.63) is 35.4 Å². The second kappa shape index (κ2) is 7.67. The van der Waals surface area contributed by atoms with Gasteiger partial charge in [-0.15, -0.1) is 0 Å². The van der Waals surface area contributed by atoms with Crippen LogP contribution in [0.2, 0.25) is 0 Å². The molecule has 1 saturated carbocycles. The summed E-state index contributed by atoms with van der Waals surface area (Å²) in [5.74, 6) is 0.782. The maximum Gasteiger partial charge on any atom is 0.201 e. The zero-order chi connectivity index (χ0) is 17.1. The Morgan fingerprint density at radius 3 is 2.33 bits per heavy atom. The highest BCUT2D eigenvalue weighted by Crippen LogP contribution is 2.42. The van der Waals surface area contributed by atoms with Crippen molar-refractivity contribution in [3.8, 4) is 5.75 Å². The molecule has 0 aliphatic heterocycles. The van der Waals surface area contributed by atoms with Crippen LogP contribution in [-0.2, 0) is 0 Å². The van der Waals surface area contributed by atoms with Crippen molar-refractivity contribution in [1.82, 2.24) is 0 Å². The molecule has 0 heterocycles. The second-order valence-electron chi connectivity index (χ2n) is 7.40. The first kappa shape index (κ1) is 17.4. The molecule has 0 saturated heterocycles. The van der Waals surface area contributed by atoms with Crippen LogP contribution in [0.15, 0.2) is 18.2 Å².